The second-order valence-corrected chi connectivity index (χ2v) is 5.99. The standard InChI is InChI=1S/C18H17F4N/c1-12-5-6-14-10-16(19)7-8-17(14)23(12)11-13-3-2-4-15(9-13)18(20,21)22/h2-4,7-10,12H,5-6,11H2,1H3. The molecule has 0 spiro atoms. The molecule has 23 heavy (non-hydrogen) atoms. The highest BCUT2D eigenvalue weighted by molar-refractivity contribution is 5.57. The molecule has 1 nitrogen and oxygen atoms in total. The molecule has 5 heteroatoms. The predicted octanol–water partition coefficient (Wildman–Crippen LogP) is 5.19. The molecule has 0 fully saturated rings. The highest BCUT2D eigenvalue weighted by atomic mass is 19.4. The molecule has 0 aromatic heterocycles. The summed E-state index contributed by atoms with van der Waals surface area (Å²) in [6.45, 7) is 2.42. The van der Waals surface area contributed by atoms with Gasteiger partial charge in [0.1, 0.15) is 5.82 Å². The molecule has 2 aromatic carbocycles. The number of nitrogens with zero attached hydrogens (tertiary/aromatic N) is 1. The Hall–Kier alpha value is -2.04. The van der Waals surface area contributed by atoms with Crippen molar-refractivity contribution >= 4 is 5.69 Å². The zero-order valence-corrected chi connectivity index (χ0v) is 12.7. The third kappa shape index (κ3) is 3.33. The van der Waals surface area contributed by atoms with Crippen molar-refractivity contribution in [3.8, 4) is 0 Å². The Morgan fingerprint density at radius 2 is 1.91 bits per heavy atom. The van der Waals surface area contributed by atoms with Gasteiger partial charge in [0.05, 0.1) is 5.56 Å². The maximum atomic E-state index is 13.4. The quantitative estimate of drug-likeness (QED) is 0.688. The molecule has 122 valence electrons. The monoisotopic (exact) mass is 323 g/mol. The van der Waals surface area contributed by atoms with E-state index in [0.717, 1.165) is 30.2 Å². The SMILES string of the molecule is CC1CCc2cc(F)ccc2N1Cc1cccc(C(F)(F)F)c1. The number of rotatable bonds is 2. The van der Waals surface area contributed by atoms with Crippen LogP contribution in [0.1, 0.15) is 30.0 Å². The number of fused-ring (bicyclic) bond motifs is 1. The molecule has 0 bridgehead atoms. The van der Waals surface area contributed by atoms with Gasteiger partial charge >= 0.3 is 6.18 Å². The first-order valence-electron chi connectivity index (χ1n) is 7.56. The Bertz CT molecular complexity index is 708. The van der Waals surface area contributed by atoms with E-state index in [1.807, 2.05) is 11.8 Å². The van der Waals surface area contributed by atoms with Gasteiger partial charge in [0.25, 0.3) is 0 Å². The average molecular weight is 323 g/mol. The smallest absolute Gasteiger partial charge is 0.364 e. The van der Waals surface area contributed by atoms with Gasteiger partial charge in [-0.15, -0.1) is 0 Å². The fourth-order valence-corrected chi connectivity index (χ4v) is 3.08. The normalized spacial score (nSPS) is 18.0. The van der Waals surface area contributed by atoms with Crippen LogP contribution in [0, 0.1) is 5.82 Å². The molecule has 2 aromatic rings. The molecule has 0 aliphatic carbocycles. The first-order chi connectivity index (χ1) is 10.8. The summed E-state index contributed by atoms with van der Waals surface area (Å²) in [4.78, 5) is 2.05. The first kappa shape index (κ1) is 15.8. The van der Waals surface area contributed by atoms with E-state index in [0.29, 0.717) is 12.1 Å². The zero-order chi connectivity index (χ0) is 16.6. The van der Waals surface area contributed by atoms with Crippen LogP contribution in [0.25, 0.3) is 0 Å². The maximum Gasteiger partial charge on any atom is 0.416 e. The van der Waals surface area contributed by atoms with Gasteiger partial charge in [-0.05, 0) is 61.2 Å². The number of aryl methyl sites for hydroxylation is 1. The molecule has 1 aliphatic heterocycles. The molecule has 1 unspecified atom stereocenters. The Morgan fingerprint density at radius 3 is 2.65 bits per heavy atom. The fourth-order valence-electron chi connectivity index (χ4n) is 3.08. The van der Waals surface area contributed by atoms with Gasteiger partial charge in [-0.3, -0.25) is 0 Å². The number of benzene rings is 2. The summed E-state index contributed by atoms with van der Waals surface area (Å²) in [5.41, 5.74) is 1.78. The fraction of sp³-hybridized carbons (Fsp3) is 0.333. The minimum absolute atomic E-state index is 0.197. The lowest BCUT2D eigenvalue weighted by atomic mass is 9.95. The molecule has 1 aliphatic rings. The van der Waals surface area contributed by atoms with Crippen molar-refractivity contribution in [3.63, 3.8) is 0 Å². The van der Waals surface area contributed by atoms with Crippen LogP contribution in [0.2, 0.25) is 0 Å². The van der Waals surface area contributed by atoms with Gasteiger partial charge in [-0.1, -0.05) is 12.1 Å². The van der Waals surface area contributed by atoms with Crippen LogP contribution in [-0.4, -0.2) is 6.04 Å². The van der Waals surface area contributed by atoms with E-state index < -0.39 is 11.7 Å². The van der Waals surface area contributed by atoms with E-state index in [1.54, 1.807) is 12.1 Å². The molecule has 0 radical (unpaired) electrons. The number of alkyl halides is 3. The van der Waals surface area contributed by atoms with Crippen molar-refractivity contribution in [2.24, 2.45) is 0 Å². The van der Waals surface area contributed by atoms with Gasteiger partial charge < -0.3 is 4.90 Å². The molecule has 1 heterocycles. The Labute approximate surface area is 132 Å². The minimum atomic E-state index is -4.34. The van der Waals surface area contributed by atoms with Crippen LogP contribution >= 0.6 is 0 Å². The highest BCUT2D eigenvalue weighted by Crippen LogP contribution is 2.34. The summed E-state index contributed by atoms with van der Waals surface area (Å²) in [5.74, 6) is -0.280. The number of anilines is 1. The summed E-state index contributed by atoms with van der Waals surface area (Å²) in [6.07, 6.45) is -2.70. The molecular formula is C18H17F4N. The Morgan fingerprint density at radius 1 is 1.13 bits per heavy atom. The second-order valence-electron chi connectivity index (χ2n) is 5.99. The lowest BCUT2D eigenvalue weighted by Crippen LogP contribution is -2.36. The lowest BCUT2D eigenvalue weighted by Gasteiger charge is -2.37. The van der Waals surface area contributed by atoms with Crippen LogP contribution in [0.3, 0.4) is 0 Å². The highest BCUT2D eigenvalue weighted by Gasteiger charge is 2.31. The molecule has 0 saturated heterocycles. The van der Waals surface area contributed by atoms with E-state index in [-0.39, 0.29) is 11.9 Å². The van der Waals surface area contributed by atoms with E-state index >= 15 is 0 Å². The molecule has 3 rings (SSSR count). The summed E-state index contributed by atoms with van der Waals surface area (Å²) >= 11 is 0. The average Bonchev–Trinajstić information content (AvgIpc) is 2.49. The third-order valence-corrected chi connectivity index (χ3v) is 4.32. The van der Waals surface area contributed by atoms with Gasteiger partial charge in [-0.25, -0.2) is 4.39 Å². The van der Waals surface area contributed by atoms with E-state index in [1.165, 1.54) is 24.3 Å². The summed E-state index contributed by atoms with van der Waals surface area (Å²) in [5, 5.41) is 0. The van der Waals surface area contributed by atoms with Gasteiger partial charge in [0, 0.05) is 18.3 Å². The van der Waals surface area contributed by atoms with Gasteiger partial charge in [0.2, 0.25) is 0 Å². The van der Waals surface area contributed by atoms with Crippen LogP contribution in [0.5, 0.6) is 0 Å². The minimum Gasteiger partial charge on any atom is -0.364 e. The predicted molar refractivity (Wildman–Crippen MR) is 81.8 cm³/mol. The van der Waals surface area contributed by atoms with Crippen LogP contribution in [0.15, 0.2) is 42.5 Å². The molecule has 0 saturated carbocycles. The van der Waals surface area contributed by atoms with Crippen molar-refractivity contribution < 1.29 is 17.6 Å². The lowest BCUT2D eigenvalue weighted by molar-refractivity contribution is -0.137. The van der Waals surface area contributed by atoms with Crippen molar-refractivity contribution in [1.29, 1.82) is 0 Å². The van der Waals surface area contributed by atoms with Gasteiger partial charge in [-0.2, -0.15) is 13.2 Å². The van der Waals surface area contributed by atoms with E-state index in [4.69, 9.17) is 0 Å². The van der Waals surface area contributed by atoms with Crippen molar-refractivity contribution in [2.45, 2.75) is 38.5 Å². The van der Waals surface area contributed by atoms with E-state index in [9.17, 15) is 17.6 Å². The summed E-state index contributed by atoms with van der Waals surface area (Å²) in [6, 6.07) is 10.2. The molecular weight excluding hydrogens is 306 g/mol. The van der Waals surface area contributed by atoms with Crippen molar-refractivity contribution in [3.05, 3.63) is 65.0 Å². The molecule has 0 amide bonds. The number of hydrogen-bond acceptors (Lipinski definition) is 1. The van der Waals surface area contributed by atoms with Crippen molar-refractivity contribution in [2.75, 3.05) is 4.90 Å². The molecule has 1 atom stereocenters. The largest absolute Gasteiger partial charge is 0.416 e. The maximum absolute atomic E-state index is 13.4. The van der Waals surface area contributed by atoms with Gasteiger partial charge in [0.15, 0.2) is 0 Å². The topological polar surface area (TPSA) is 3.24 Å². The third-order valence-electron chi connectivity index (χ3n) is 4.32. The van der Waals surface area contributed by atoms with Crippen LogP contribution in [-0.2, 0) is 19.1 Å². The molecule has 0 N–H and O–H groups in total. The number of hydrogen-bond donors (Lipinski definition) is 0. The summed E-state index contributed by atoms with van der Waals surface area (Å²) in [7, 11) is 0. The second kappa shape index (κ2) is 5.87. The van der Waals surface area contributed by atoms with Crippen LogP contribution in [0.4, 0.5) is 23.2 Å². The van der Waals surface area contributed by atoms with Crippen LogP contribution < -0.4 is 4.90 Å². The Balaban J connectivity index is 1.91. The van der Waals surface area contributed by atoms with E-state index in [2.05, 4.69) is 0 Å². The van der Waals surface area contributed by atoms with Crippen molar-refractivity contribution in [1.82, 2.24) is 0 Å². The number of halogens is 4. The zero-order valence-electron chi connectivity index (χ0n) is 12.7. The first-order valence-corrected chi connectivity index (χ1v) is 7.56. The Kier molecular flexibility index (Phi) is 4.04. The summed E-state index contributed by atoms with van der Waals surface area (Å²) < 4.78 is 51.9.